The largest absolute Gasteiger partial charge is 0.409 e. The maximum Gasteiger partial charge on any atom is 0.238 e. The zero-order valence-electron chi connectivity index (χ0n) is 10.3. The highest BCUT2D eigenvalue weighted by atomic mass is 79.9. The van der Waals surface area contributed by atoms with Gasteiger partial charge in [-0.25, -0.2) is 0 Å². The van der Waals surface area contributed by atoms with Crippen molar-refractivity contribution in [2.24, 2.45) is 16.3 Å². The molecule has 0 spiro atoms. The molecular weight excluding hydrogens is 369 g/mol. The van der Waals surface area contributed by atoms with Crippen LogP contribution in [0.4, 0.5) is 5.69 Å². The van der Waals surface area contributed by atoms with E-state index in [0.717, 1.165) is 6.42 Å². The second-order valence-electron chi connectivity index (χ2n) is 4.60. The summed E-state index contributed by atoms with van der Waals surface area (Å²) >= 11 is 15.3. The van der Waals surface area contributed by atoms with Crippen molar-refractivity contribution in [1.29, 1.82) is 0 Å². The lowest BCUT2D eigenvalue weighted by molar-refractivity contribution is -0.125. The Morgan fingerprint density at radius 2 is 2.05 bits per heavy atom. The molecule has 1 aliphatic rings. The summed E-state index contributed by atoms with van der Waals surface area (Å²) in [4.78, 5) is 12.4. The lowest BCUT2D eigenvalue weighted by Crippen LogP contribution is -2.51. The number of benzene rings is 1. The summed E-state index contributed by atoms with van der Waals surface area (Å²) in [6.45, 7) is 0. The number of amides is 1. The van der Waals surface area contributed by atoms with Crippen LogP contribution in [-0.4, -0.2) is 17.0 Å². The number of rotatable bonds is 3. The van der Waals surface area contributed by atoms with E-state index in [4.69, 9.17) is 34.1 Å². The predicted octanol–water partition coefficient (Wildman–Crippen LogP) is 3.61. The number of nitrogens with two attached hydrogens (primary N) is 1. The number of amidine groups is 1. The fourth-order valence-corrected chi connectivity index (χ4v) is 2.91. The molecule has 1 aliphatic carbocycles. The summed E-state index contributed by atoms with van der Waals surface area (Å²) in [6, 6.07) is 3.32. The Kier molecular flexibility index (Phi) is 4.46. The van der Waals surface area contributed by atoms with Crippen LogP contribution >= 0.6 is 39.1 Å². The van der Waals surface area contributed by atoms with Gasteiger partial charge in [0.2, 0.25) is 5.91 Å². The molecule has 0 aliphatic heterocycles. The Labute approximate surface area is 134 Å². The Morgan fingerprint density at radius 3 is 2.55 bits per heavy atom. The molecule has 1 aromatic rings. The lowest BCUT2D eigenvalue weighted by Gasteiger charge is -2.38. The van der Waals surface area contributed by atoms with Crippen molar-refractivity contribution in [3.63, 3.8) is 0 Å². The van der Waals surface area contributed by atoms with E-state index in [-0.39, 0.29) is 16.8 Å². The van der Waals surface area contributed by atoms with Gasteiger partial charge in [-0.1, -0.05) is 34.8 Å². The Hall–Kier alpha value is -0.980. The molecule has 0 bridgehead atoms. The quantitative estimate of drug-likeness (QED) is 0.246. The van der Waals surface area contributed by atoms with Gasteiger partial charge in [0.05, 0.1) is 15.7 Å². The number of anilines is 1. The molecule has 2 rings (SSSR count). The van der Waals surface area contributed by atoms with Crippen LogP contribution in [-0.2, 0) is 4.79 Å². The van der Waals surface area contributed by atoms with Crippen LogP contribution in [0.1, 0.15) is 19.3 Å². The second kappa shape index (κ2) is 5.79. The van der Waals surface area contributed by atoms with Crippen molar-refractivity contribution in [2.45, 2.75) is 19.3 Å². The molecule has 1 amide bonds. The van der Waals surface area contributed by atoms with Gasteiger partial charge >= 0.3 is 0 Å². The summed E-state index contributed by atoms with van der Waals surface area (Å²) in [5.41, 5.74) is 5.06. The van der Waals surface area contributed by atoms with Gasteiger partial charge in [-0.2, -0.15) is 0 Å². The molecule has 0 heterocycles. The number of carbonyl (C=O) groups excluding carboxylic acids is 1. The van der Waals surface area contributed by atoms with Crippen LogP contribution in [0.15, 0.2) is 21.8 Å². The second-order valence-corrected chi connectivity index (χ2v) is 6.21. The minimum atomic E-state index is -0.961. The number of hydrogen-bond donors (Lipinski definition) is 3. The molecule has 8 heteroatoms. The summed E-state index contributed by atoms with van der Waals surface area (Å²) in [5, 5.41) is 15.0. The first-order chi connectivity index (χ1) is 9.42. The summed E-state index contributed by atoms with van der Waals surface area (Å²) in [5.74, 6) is -0.431. The van der Waals surface area contributed by atoms with E-state index in [0.29, 0.717) is 28.0 Å². The zero-order valence-corrected chi connectivity index (χ0v) is 13.4. The molecule has 1 fully saturated rings. The third kappa shape index (κ3) is 2.47. The van der Waals surface area contributed by atoms with Crippen LogP contribution < -0.4 is 11.1 Å². The Bertz CT molecular complexity index is 588. The maximum absolute atomic E-state index is 12.4. The van der Waals surface area contributed by atoms with Crippen molar-refractivity contribution in [2.75, 3.05) is 5.32 Å². The van der Waals surface area contributed by atoms with Crippen molar-refractivity contribution >= 4 is 56.6 Å². The molecule has 0 atom stereocenters. The van der Waals surface area contributed by atoms with Crippen molar-refractivity contribution < 1.29 is 10.0 Å². The topological polar surface area (TPSA) is 87.7 Å². The highest BCUT2D eigenvalue weighted by Crippen LogP contribution is 2.43. The first kappa shape index (κ1) is 15.4. The SMILES string of the molecule is N/C(=N/O)C1(C(=O)Nc2ccc(Br)c(Cl)c2Cl)CCC1. The smallest absolute Gasteiger partial charge is 0.238 e. The number of nitrogens with one attached hydrogen (secondary N) is 1. The molecule has 108 valence electrons. The third-order valence-electron chi connectivity index (χ3n) is 3.52. The van der Waals surface area contributed by atoms with Crippen molar-refractivity contribution in [3.05, 3.63) is 26.7 Å². The summed E-state index contributed by atoms with van der Waals surface area (Å²) < 4.78 is 0.636. The number of halogens is 3. The fourth-order valence-electron chi connectivity index (χ4n) is 2.09. The van der Waals surface area contributed by atoms with Crippen LogP contribution in [0.2, 0.25) is 10.0 Å². The van der Waals surface area contributed by atoms with E-state index in [1.54, 1.807) is 12.1 Å². The van der Waals surface area contributed by atoms with Crippen molar-refractivity contribution in [3.8, 4) is 0 Å². The van der Waals surface area contributed by atoms with Crippen molar-refractivity contribution in [1.82, 2.24) is 0 Å². The van der Waals surface area contributed by atoms with Crippen LogP contribution in [0.5, 0.6) is 0 Å². The standard InChI is InChI=1S/C12H12BrCl2N3O2/c13-6-2-3-7(9(15)8(6)14)17-11(19)12(4-1-5-12)10(16)18-20/h2-3,20H,1,4-5H2,(H2,16,18)(H,17,19). The van der Waals surface area contributed by atoms with Gasteiger partial charge in [-0.3, -0.25) is 4.79 Å². The van der Waals surface area contributed by atoms with E-state index in [2.05, 4.69) is 26.4 Å². The van der Waals surface area contributed by atoms with Gasteiger partial charge in [0.15, 0.2) is 5.84 Å². The zero-order chi connectivity index (χ0) is 14.9. The number of nitrogens with zero attached hydrogens (tertiary/aromatic N) is 1. The van der Waals surface area contributed by atoms with E-state index in [1.165, 1.54) is 0 Å². The average molecular weight is 381 g/mol. The Morgan fingerprint density at radius 1 is 1.40 bits per heavy atom. The van der Waals surface area contributed by atoms with Gasteiger partial charge in [-0.05, 0) is 40.9 Å². The summed E-state index contributed by atoms with van der Waals surface area (Å²) in [7, 11) is 0. The van der Waals surface area contributed by atoms with E-state index in [9.17, 15) is 4.79 Å². The van der Waals surface area contributed by atoms with Crippen LogP contribution in [0, 0.1) is 5.41 Å². The molecule has 0 radical (unpaired) electrons. The van der Waals surface area contributed by atoms with Gasteiger partial charge in [0, 0.05) is 4.47 Å². The van der Waals surface area contributed by atoms with E-state index >= 15 is 0 Å². The fraction of sp³-hybridized carbons (Fsp3) is 0.333. The monoisotopic (exact) mass is 379 g/mol. The van der Waals surface area contributed by atoms with Gasteiger partial charge in [-0.15, -0.1) is 0 Å². The Balaban J connectivity index is 2.26. The molecule has 4 N–H and O–H groups in total. The molecule has 5 nitrogen and oxygen atoms in total. The molecule has 0 aromatic heterocycles. The first-order valence-electron chi connectivity index (χ1n) is 5.85. The first-order valence-corrected chi connectivity index (χ1v) is 7.40. The molecular formula is C12H12BrCl2N3O2. The molecule has 1 saturated carbocycles. The van der Waals surface area contributed by atoms with Crippen LogP contribution in [0.3, 0.4) is 0 Å². The maximum atomic E-state index is 12.4. The van der Waals surface area contributed by atoms with Crippen LogP contribution in [0.25, 0.3) is 0 Å². The summed E-state index contributed by atoms with van der Waals surface area (Å²) in [6.07, 6.45) is 1.92. The number of hydrogen-bond acceptors (Lipinski definition) is 3. The molecule has 20 heavy (non-hydrogen) atoms. The number of oxime groups is 1. The predicted molar refractivity (Wildman–Crippen MR) is 82.5 cm³/mol. The number of carbonyl (C=O) groups is 1. The highest BCUT2D eigenvalue weighted by Gasteiger charge is 2.48. The van der Waals surface area contributed by atoms with E-state index in [1.807, 2.05) is 0 Å². The molecule has 0 saturated heterocycles. The van der Waals surface area contributed by atoms with E-state index < -0.39 is 5.41 Å². The highest BCUT2D eigenvalue weighted by molar-refractivity contribution is 9.10. The minimum Gasteiger partial charge on any atom is -0.409 e. The molecule has 0 unspecified atom stereocenters. The lowest BCUT2D eigenvalue weighted by atomic mass is 9.67. The third-order valence-corrected chi connectivity index (χ3v) is 5.29. The molecule has 1 aromatic carbocycles. The normalized spacial score (nSPS) is 17.4. The van der Waals surface area contributed by atoms with Gasteiger partial charge < -0.3 is 16.3 Å². The average Bonchev–Trinajstić information content (AvgIpc) is 2.38. The van der Waals surface area contributed by atoms with Gasteiger partial charge in [0.1, 0.15) is 5.41 Å². The minimum absolute atomic E-state index is 0.0828. The van der Waals surface area contributed by atoms with Gasteiger partial charge in [0.25, 0.3) is 0 Å².